The van der Waals surface area contributed by atoms with Gasteiger partial charge in [0.25, 0.3) is 0 Å². The molecule has 1 aliphatic rings. The van der Waals surface area contributed by atoms with Crippen LogP contribution in [-0.4, -0.2) is 5.66 Å². The maximum Gasteiger partial charge on any atom is 0.135 e. The van der Waals surface area contributed by atoms with Gasteiger partial charge >= 0.3 is 0 Å². The highest BCUT2D eigenvalue weighted by Crippen LogP contribution is 2.42. The van der Waals surface area contributed by atoms with Crippen molar-refractivity contribution in [2.24, 2.45) is 33.8 Å². The molecule has 0 spiro atoms. The minimum atomic E-state index is -0.927. The first-order chi connectivity index (χ1) is 7.89. The molecule has 18 heavy (non-hydrogen) atoms. The first-order valence-corrected chi connectivity index (χ1v) is 6.19. The normalized spacial score (nSPS) is 25.8. The molecule has 0 aromatic heterocycles. The van der Waals surface area contributed by atoms with Crippen molar-refractivity contribution in [1.82, 2.24) is 5.32 Å². The monoisotopic (exact) mass is 253 g/mol. The third-order valence-corrected chi connectivity index (χ3v) is 3.43. The van der Waals surface area contributed by atoms with Crippen LogP contribution in [0.25, 0.3) is 0 Å². The van der Waals surface area contributed by atoms with E-state index in [1.807, 2.05) is 0 Å². The van der Waals surface area contributed by atoms with Crippen LogP contribution in [0.4, 0.5) is 0 Å². The Morgan fingerprint density at radius 3 is 2.06 bits per heavy atom. The fourth-order valence-electron chi connectivity index (χ4n) is 2.80. The molecule has 0 radical (unpaired) electrons. The van der Waals surface area contributed by atoms with Gasteiger partial charge < -0.3 is 28.3 Å². The number of dihydropyridines is 1. The molecular formula is C13H27N5. The van der Waals surface area contributed by atoms with E-state index in [0.29, 0.717) is 17.2 Å². The molecule has 0 amide bonds. The molecule has 5 nitrogen and oxygen atoms in total. The lowest BCUT2D eigenvalue weighted by atomic mass is 9.67. The molecule has 0 fully saturated rings. The van der Waals surface area contributed by atoms with E-state index in [1.165, 1.54) is 0 Å². The number of nitrogens with two attached hydrogens (primary N) is 4. The molecule has 0 saturated heterocycles. The van der Waals surface area contributed by atoms with Crippen molar-refractivity contribution in [1.29, 1.82) is 0 Å². The van der Waals surface area contributed by atoms with E-state index in [4.69, 9.17) is 22.9 Å². The molecule has 1 aliphatic heterocycles. The molecule has 0 aliphatic carbocycles. The summed E-state index contributed by atoms with van der Waals surface area (Å²) >= 11 is 0. The van der Waals surface area contributed by atoms with Crippen LogP contribution in [0.3, 0.4) is 0 Å². The Balaban J connectivity index is 3.18. The quantitative estimate of drug-likeness (QED) is 0.495. The fourth-order valence-corrected chi connectivity index (χ4v) is 2.80. The van der Waals surface area contributed by atoms with E-state index >= 15 is 0 Å². The summed E-state index contributed by atoms with van der Waals surface area (Å²) in [6.45, 7) is 10.7. The van der Waals surface area contributed by atoms with E-state index in [9.17, 15) is 0 Å². The summed E-state index contributed by atoms with van der Waals surface area (Å²) in [5, 5.41) is 3.09. The smallest absolute Gasteiger partial charge is 0.135 e. The van der Waals surface area contributed by atoms with Gasteiger partial charge in [-0.15, -0.1) is 0 Å². The highest BCUT2D eigenvalue weighted by molar-refractivity contribution is 5.37. The standard InChI is InChI=1S/C13H27N5/c1-11(2,3)7-12(4,5)13(17)10(16)8(14)6-9(15)18-13/h6,18H,7,14-17H2,1-5H3. The Bertz CT molecular complexity index is 400. The molecule has 0 aromatic carbocycles. The number of rotatable bonds is 2. The number of nitrogens with one attached hydrogen (secondary N) is 1. The summed E-state index contributed by atoms with van der Waals surface area (Å²) < 4.78 is 0. The minimum Gasteiger partial charge on any atom is -0.397 e. The van der Waals surface area contributed by atoms with E-state index < -0.39 is 5.66 Å². The maximum absolute atomic E-state index is 6.47. The zero-order valence-electron chi connectivity index (χ0n) is 12.1. The molecule has 9 N–H and O–H groups in total. The van der Waals surface area contributed by atoms with Crippen LogP contribution in [0.1, 0.15) is 41.0 Å². The lowest BCUT2D eigenvalue weighted by molar-refractivity contribution is 0.102. The molecule has 1 atom stereocenters. The van der Waals surface area contributed by atoms with Crippen molar-refractivity contribution in [2.45, 2.75) is 46.7 Å². The van der Waals surface area contributed by atoms with E-state index in [-0.39, 0.29) is 10.8 Å². The van der Waals surface area contributed by atoms with Gasteiger partial charge in [0.05, 0.1) is 17.2 Å². The van der Waals surface area contributed by atoms with Crippen molar-refractivity contribution in [3.8, 4) is 0 Å². The minimum absolute atomic E-state index is 0.127. The van der Waals surface area contributed by atoms with Crippen molar-refractivity contribution < 1.29 is 0 Å². The van der Waals surface area contributed by atoms with Crippen LogP contribution < -0.4 is 28.3 Å². The van der Waals surface area contributed by atoms with Gasteiger partial charge in [-0.2, -0.15) is 0 Å². The highest BCUT2D eigenvalue weighted by atomic mass is 15.2. The summed E-state index contributed by atoms with van der Waals surface area (Å²) in [7, 11) is 0. The van der Waals surface area contributed by atoms with Crippen LogP contribution >= 0.6 is 0 Å². The van der Waals surface area contributed by atoms with Crippen molar-refractivity contribution in [2.75, 3.05) is 0 Å². The molecule has 1 unspecified atom stereocenters. The van der Waals surface area contributed by atoms with Gasteiger partial charge in [-0.1, -0.05) is 34.6 Å². The average molecular weight is 253 g/mol. The topological polar surface area (TPSA) is 116 Å². The first kappa shape index (κ1) is 14.7. The van der Waals surface area contributed by atoms with E-state index in [0.717, 1.165) is 6.42 Å². The summed E-state index contributed by atoms with van der Waals surface area (Å²) in [5.41, 5.74) is 24.1. The summed E-state index contributed by atoms with van der Waals surface area (Å²) in [4.78, 5) is 0. The Morgan fingerprint density at radius 2 is 1.61 bits per heavy atom. The second-order valence-electron chi connectivity index (χ2n) is 7.02. The molecule has 1 rings (SSSR count). The molecule has 5 heteroatoms. The SMILES string of the molecule is CC(C)(C)CC(C)(C)C1(N)NC(N)=CC(N)=C1N. The Labute approximate surface area is 110 Å². The third kappa shape index (κ3) is 2.56. The molecule has 104 valence electrons. The van der Waals surface area contributed by atoms with Gasteiger partial charge in [-0.3, -0.25) is 0 Å². The van der Waals surface area contributed by atoms with Gasteiger partial charge in [-0.25, -0.2) is 0 Å². The van der Waals surface area contributed by atoms with Crippen LogP contribution in [0.5, 0.6) is 0 Å². The maximum atomic E-state index is 6.47. The number of hydrogen-bond donors (Lipinski definition) is 5. The van der Waals surface area contributed by atoms with Crippen LogP contribution in [0.2, 0.25) is 0 Å². The summed E-state index contributed by atoms with van der Waals surface area (Å²) in [6.07, 6.45) is 2.48. The lowest BCUT2D eigenvalue weighted by Gasteiger charge is -2.49. The largest absolute Gasteiger partial charge is 0.397 e. The average Bonchev–Trinajstić information content (AvgIpc) is 2.09. The zero-order valence-corrected chi connectivity index (χ0v) is 12.1. The number of hydrogen-bond acceptors (Lipinski definition) is 5. The van der Waals surface area contributed by atoms with Crippen molar-refractivity contribution in [3.05, 3.63) is 23.3 Å². The van der Waals surface area contributed by atoms with Gasteiger partial charge in [0.1, 0.15) is 5.66 Å². The molecule has 0 bridgehead atoms. The van der Waals surface area contributed by atoms with Gasteiger partial charge in [0, 0.05) is 11.5 Å². The Hall–Kier alpha value is -1.36. The Kier molecular flexibility index (Phi) is 3.34. The number of allylic oxidation sites excluding steroid dienone is 1. The Morgan fingerprint density at radius 1 is 1.11 bits per heavy atom. The first-order valence-electron chi connectivity index (χ1n) is 6.19. The second kappa shape index (κ2) is 4.09. The van der Waals surface area contributed by atoms with E-state index in [1.54, 1.807) is 6.08 Å². The van der Waals surface area contributed by atoms with Crippen LogP contribution in [-0.2, 0) is 0 Å². The molecular weight excluding hydrogens is 226 g/mol. The highest BCUT2D eigenvalue weighted by Gasteiger charge is 2.48. The molecule has 0 saturated carbocycles. The van der Waals surface area contributed by atoms with Gasteiger partial charge in [0.15, 0.2) is 0 Å². The lowest BCUT2D eigenvalue weighted by Crippen LogP contribution is -2.68. The third-order valence-electron chi connectivity index (χ3n) is 3.43. The van der Waals surface area contributed by atoms with Crippen LogP contribution in [0.15, 0.2) is 23.3 Å². The van der Waals surface area contributed by atoms with Crippen LogP contribution in [0, 0.1) is 10.8 Å². The predicted octanol–water partition coefficient (Wildman–Crippen LogP) is 0.636. The van der Waals surface area contributed by atoms with E-state index in [2.05, 4.69) is 39.9 Å². The van der Waals surface area contributed by atoms with Crippen molar-refractivity contribution >= 4 is 0 Å². The molecule has 1 heterocycles. The zero-order chi connectivity index (χ0) is 14.4. The second-order valence-corrected chi connectivity index (χ2v) is 7.02. The summed E-state index contributed by atoms with van der Waals surface area (Å²) in [6, 6.07) is 0. The predicted molar refractivity (Wildman–Crippen MR) is 75.6 cm³/mol. The molecule has 0 aromatic rings. The fraction of sp³-hybridized carbons (Fsp3) is 0.692. The van der Waals surface area contributed by atoms with Gasteiger partial charge in [0.2, 0.25) is 0 Å². The van der Waals surface area contributed by atoms with Gasteiger partial charge in [-0.05, 0) is 11.8 Å². The summed E-state index contributed by atoms with van der Waals surface area (Å²) in [5.74, 6) is 0.450. The van der Waals surface area contributed by atoms with Crippen molar-refractivity contribution in [3.63, 3.8) is 0 Å².